The van der Waals surface area contributed by atoms with E-state index in [-0.39, 0.29) is 34.8 Å². The van der Waals surface area contributed by atoms with Crippen molar-refractivity contribution in [2.24, 2.45) is 10.9 Å². The van der Waals surface area contributed by atoms with Crippen LogP contribution in [-0.4, -0.2) is 26.9 Å². The minimum atomic E-state index is -3.85. The zero-order valence-corrected chi connectivity index (χ0v) is 14.0. The molecule has 0 spiro atoms. The van der Waals surface area contributed by atoms with Gasteiger partial charge >= 0.3 is 0 Å². The maximum atomic E-state index is 12.0. The summed E-state index contributed by atoms with van der Waals surface area (Å²) in [5, 5.41) is 7.86. The molecular weight excluding hydrogens is 314 g/mol. The number of aryl methyl sites for hydroxylation is 1. The molecule has 0 radical (unpaired) electrons. The second-order valence-corrected chi connectivity index (χ2v) is 6.51. The zero-order chi connectivity index (χ0) is 15.5. The summed E-state index contributed by atoms with van der Waals surface area (Å²) >= 11 is 0. The second kappa shape index (κ2) is 7.74. The summed E-state index contributed by atoms with van der Waals surface area (Å²) < 4.78 is 23.0. The summed E-state index contributed by atoms with van der Waals surface area (Å²) in [6.45, 7) is 5.69. The quantitative estimate of drug-likeness (QED) is 0.739. The highest BCUT2D eigenvalue weighted by Crippen LogP contribution is 2.20. The highest BCUT2D eigenvalue weighted by Gasteiger charge is 2.17. The minimum Gasteiger partial charge on any atom is -0.352 e. The number of carbonyl (C=O) groups excluding carboxylic acids is 1. The Bertz CT molecular complexity index is 615. The van der Waals surface area contributed by atoms with Crippen molar-refractivity contribution in [3.05, 3.63) is 28.8 Å². The van der Waals surface area contributed by atoms with Gasteiger partial charge in [0.2, 0.25) is 10.0 Å². The monoisotopic (exact) mass is 335 g/mol. The van der Waals surface area contributed by atoms with Crippen molar-refractivity contribution in [3.63, 3.8) is 0 Å². The standard InChI is InChI=1S/C13H21N3O3S.ClH/c1-8-6-11(13(17)16-5-4-9(2)14)7-12(10(8)3)20(15,18)19;/h6-7,9H,4-5,14H2,1-3H3,(H,16,17)(H2,15,18,19);1H. The topological polar surface area (TPSA) is 115 Å². The fourth-order valence-corrected chi connectivity index (χ4v) is 2.65. The van der Waals surface area contributed by atoms with E-state index in [1.165, 1.54) is 6.07 Å². The van der Waals surface area contributed by atoms with Crippen LogP contribution >= 0.6 is 12.4 Å². The molecule has 5 N–H and O–H groups in total. The van der Waals surface area contributed by atoms with Crippen LogP contribution in [0, 0.1) is 13.8 Å². The first kappa shape index (κ1) is 19.9. The van der Waals surface area contributed by atoms with Crippen LogP contribution < -0.4 is 16.2 Å². The molecule has 1 amide bonds. The van der Waals surface area contributed by atoms with Crippen molar-refractivity contribution in [1.82, 2.24) is 5.32 Å². The Morgan fingerprint density at radius 1 is 1.33 bits per heavy atom. The van der Waals surface area contributed by atoms with Crippen molar-refractivity contribution in [1.29, 1.82) is 0 Å². The smallest absolute Gasteiger partial charge is 0.251 e. The number of amides is 1. The maximum absolute atomic E-state index is 12.0. The molecule has 0 aliphatic carbocycles. The highest BCUT2D eigenvalue weighted by atomic mass is 35.5. The van der Waals surface area contributed by atoms with E-state index in [2.05, 4.69) is 5.32 Å². The van der Waals surface area contributed by atoms with Crippen LogP contribution in [0.3, 0.4) is 0 Å². The molecule has 0 aliphatic heterocycles. The third-order valence-electron chi connectivity index (χ3n) is 3.07. The number of primary sulfonamides is 1. The van der Waals surface area contributed by atoms with Gasteiger partial charge < -0.3 is 11.1 Å². The Kier molecular flexibility index (Phi) is 7.32. The normalized spacial score (nSPS) is 12.4. The summed E-state index contributed by atoms with van der Waals surface area (Å²) in [5.41, 5.74) is 7.13. The average Bonchev–Trinajstić information content (AvgIpc) is 2.30. The predicted octanol–water partition coefficient (Wildman–Crippen LogP) is 0.840. The first-order chi connectivity index (χ1) is 9.12. The minimum absolute atomic E-state index is 0. The fraction of sp³-hybridized carbons (Fsp3) is 0.462. The van der Waals surface area contributed by atoms with E-state index < -0.39 is 10.0 Å². The molecule has 1 atom stereocenters. The molecule has 1 aromatic carbocycles. The van der Waals surface area contributed by atoms with E-state index >= 15 is 0 Å². The lowest BCUT2D eigenvalue weighted by atomic mass is 10.1. The third kappa shape index (κ3) is 5.62. The Labute approximate surface area is 131 Å². The number of sulfonamides is 1. The average molecular weight is 336 g/mol. The maximum Gasteiger partial charge on any atom is 0.251 e. The van der Waals surface area contributed by atoms with Gasteiger partial charge in [0.05, 0.1) is 4.90 Å². The summed E-state index contributed by atoms with van der Waals surface area (Å²) in [6, 6.07) is 2.94. The summed E-state index contributed by atoms with van der Waals surface area (Å²) in [6.07, 6.45) is 0.651. The lowest BCUT2D eigenvalue weighted by Gasteiger charge is -2.11. The number of rotatable bonds is 5. The van der Waals surface area contributed by atoms with Gasteiger partial charge in [-0.3, -0.25) is 4.79 Å². The fourth-order valence-electron chi connectivity index (χ4n) is 1.77. The molecule has 6 nitrogen and oxygen atoms in total. The van der Waals surface area contributed by atoms with Gasteiger partial charge in [-0.05, 0) is 50.5 Å². The van der Waals surface area contributed by atoms with Crippen LogP contribution in [-0.2, 0) is 10.0 Å². The van der Waals surface area contributed by atoms with Crippen molar-refractivity contribution in [2.45, 2.75) is 38.1 Å². The molecule has 1 unspecified atom stereocenters. The Balaban J connectivity index is 0.00000400. The van der Waals surface area contributed by atoms with E-state index in [0.717, 1.165) is 0 Å². The lowest BCUT2D eigenvalue weighted by Crippen LogP contribution is -2.29. The zero-order valence-electron chi connectivity index (χ0n) is 12.3. The van der Waals surface area contributed by atoms with Gasteiger partial charge in [0.25, 0.3) is 5.91 Å². The SMILES string of the molecule is Cc1cc(C(=O)NCCC(C)N)cc(S(N)(=O)=O)c1C.Cl. The summed E-state index contributed by atoms with van der Waals surface area (Å²) in [7, 11) is -3.85. The van der Waals surface area contributed by atoms with Crippen molar-refractivity contribution in [3.8, 4) is 0 Å². The van der Waals surface area contributed by atoms with E-state index in [1.807, 2.05) is 6.92 Å². The number of nitrogens with one attached hydrogen (secondary N) is 1. The van der Waals surface area contributed by atoms with Crippen molar-refractivity contribution < 1.29 is 13.2 Å². The van der Waals surface area contributed by atoms with Crippen molar-refractivity contribution in [2.75, 3.05) is 6.54 Å². The van der Waals surface area contributed by atoms with E-state index in [0.29, 0.717) is 24.1 Å². The molecule has 1 rings (SSSR count). The molecule has 120 valence electrons. The van der Waals surface area contributed by atoms with Gasteiger partial charge in [0, 0.05) is 18.2 Å². The van der Waals surface area contributed by atoms with E-state index in [4.69, 9.17) is 10.9 Å². The first-order valence-corrected chi connectivity index (χ1v) is 7.85. The van der Waals surface area contributed by atoms with Crippen LogP contribution in [0.5, 0.6) is 0 Å². The number of halogens is 1. The van der Waals surface area contributed by atoms with Crippen molar-refractivity contribution >= 4 is 28.3 Å². The summed E-state index contributed by atoms with van der Waals surface area (Å²) in [4.78, 5) is 12.0. The molecule has 0 bridgehead atoms. The van der Waals surface area contributed by atoms with Crippen LogP contribution in [0.15, 0.2) is 17.0 Å². The molecule has 0 heterocycles. The van der Waals surface area contributed by atoms with Gasteiger partial charge in [-0.15, -0.1) is 12.4 Å². The lowest BCUT2D eigenvalue weighted by molar-refractivity contribution is 0.0952. The van der Waals surface area contributed by atoms with Gasteiger partial charge in [-0.1, -0.05) is 0 Å². The molecular formula is C13H22ClN3O3S. The molecule has 0 saturated heterocycles. The van der Waals surface area contributed by atoms with Gasteiger partial charge in [0.1, 0.15) is 0 Å². The van der Waals surface area contributed by atoms with Crippen LogP contribution in [0.1, 0.15) is 34.8 Å². The number of nitrogens with two attached hydrogens (primary N) is 2. The van der Waals surface area contributed by atoms with E-state index in [1.54, 1.807) is 19.9 Å². The second-order valence-electron chi connectivity index (χ2n) is 4.98. The molecule has 8 heteroatoms. The van der Waals surface area contributed by atoms with Crippen LogP contribution in [0.2, 0.25) is 0 Å². The van der Waals surface area contributed by atoms with Crippen LogP contribution in [0.4, 0.5) is 0 Å². The largest absolute Gasteiger partial charge is 0.352 e. The molecule has 21 heavy (non-hydrogen) atoms. The first-order valence-electron chi connectivity index (χ1n) is 6.30. The number of hydrogen-bond acceptors (Lipinski definition) is 4. The number of benzene rings is 1. The molecule has 0 fully saturated rings. The molecule has 1 aromatic rings. The molecule has 0 aromatic heterocycles. The third-order valence-corrected chi connectivity index (χ3v) is 4.11. The van der Waals surface area contributed by atoms with Gasteiger partial charge in [0.15, 0.2) is 0 Å². The Hall–Kier alpha value is -1.15. The predicted molar refractivity (Wildman–Crippen MR) is 85.1 cm³/mol. The van der Waals surface area contributed by atoms with Gasteiger partial charge in [-0.2, -0.15) is 0 Å². The molecule has 0 aliphatic rings. The van der Waals surface area contributed by atoms with E-state index in [9.17, 15) is 13.2 Å². The molecule has 0 saturated carbocycles. The Morgan fingerprint density at radius 3 is 2.38 bits per heavy atom. The Morgan fingerprint density at radius 2 is 1.90 bits per heavy atom. The summed E-state index contributed by atoms with van der Waals surface area (Å²) in [5.74, 6) is -0.335. The van der Waals surface area contributed by atoms with Gasteiger partial charge in [-0.25, -0.2) is 13.6 Å². The van der Waals surface area contributed by atoms with Crippen LogP contribution in [0.25, 0.3) is 0 Å². The number of carbonyl (C=O) groups is 1. The number of hydrogen-bond donors (Lipinski definition) is 3. The highest BCUT2D eigenvalue weighted by molar-refractivity contribution is 7.89.